The van der Waals surface area contributed by atoms with Gasteiger partial charge in [-0.15, -0.1) is 0 Å². The van der Waals surface area contributed by atoms with Crippen LogP contribution in [0, 0.1) is 5.82 Å². The summed E-state index contributed by atoms with van der Waals surface area (Å²) in [5.41, 5.74) is 3.03. The zero-order chi connectivity index (χ0) is 13.6. The van der Waals surface area contributed by atoms with Crippen molar-refractivity contribution in [2.75, 3.05) is 0 Å². The second-order valence-corrected chi connectivity index (χ2v) is 5.58. The number of hydrogen-bond acceptors (Lipinski definition) is 1. The number of rotatable bonds is 1. The summed E-state index contributed by atoms with van der Waals surface area (Å²) in [7, 11) is 0. The van der Waals surface area contributed by atoms with E-state index in [0.29, 0.717) is 5.56 Å². The summed E-state index contributed by atoms with van der Waals surface area (Å²) >= 11 is 0. The normalized spacial score (nSPS) is 16.9. The average molecular weight is 258 g/mol. The summed E-state index contributed by atoms with van der Waals surface area (Å²) in [5, 5.41) is 2.99. The molecule has 1 aliphatic rings. The molecule has 3 rings (SSSR count). The number of aromatic nitrogens is 1. The van der Waals surface area contributed by atoms with Gasteiger partial charge in [-0.2, -0.15) is 0 Å². The molecule has 0 saturated carbocycles. The van der Waals surface area contributed by atoms with Gasteiger partial charge in [-0.05, 0) is 31.5 Å². The molecular formula is C15H15FN2O. The largest absolute Gasteiger partial charge is 0.364 e. The highest BCUT2D eigenvalue weighted by molar-refractivity contribution is 6.03. The minimum Gasteiger partial charge on any atom is -0.364 e. The number of carbonyl (C=O) groups excluding carboxylic acids is 1. The number of nitrogens with one attached hydrogen (secondary N) is 2. The van der Waals surface area contributed by atoms with E-state index in [4.69, 9.17) is 0 Å². The van der Waals surface area contributed by atoms with Crippen molar-refractivity contribution in [2.24, 2.45) is 0 Å². The Bertz CT molecular complexity index is 641. The van der Waals surface area contributed by atoms with Gasteiger partial charge < -0.3 is 10.3 Å². The van der Waals surface area contributed by atoms with Crippen molar-refractivity contribution in [1.29, 1.82) is 0 Å². The lowest BCUT2D eigenvalue weighted by Gasteiger charge is -2.31. The molecule has 2 heterocycles. The molecule has 0 spiro atoms. The maximum Gasteiger partial charge on any atom is 0.254 e. The van der Waals surface area contributed by atoms with E-state index in [1.54, 1.807) is 12.1 Å². The molecule has 4 heteroatoms. The fraction of sp³-hybridized carbons (Fsp3) is 0.267. The van der Waals surface area contributed by atoms with Crippen molar-refractivity contribution in [2.45, 2.75) is 25.8 Å². The lowest BCUT2D eigenvalue weighted by Crippen LogP contribution is -2.49. The van der Waals surface area contributed by atoms with Gasteiger partial charge in [0.2, 0.25) is 0 Å². The van der Waals surface area contributed by atoms with E-state index in [0.717, 1.165) is 23.2 Å². The maximum atomic E-state index is 13.0. The zero-order valence-electron chi connectivity index (χ0n) is 10.9. The van der Waals surface area contributed by atoms with Crippen LogP contribution in [-0.2, 0) is 6.42 Å². The second-order valence-electron chi connectivity index (χ2n) is 5.58. The first kappa shape index (κ1) is 12.0. The lowest BCUT2D eigenvalue weighted by molar-refractivity contribution is 0.0897. The Balaban J connectivity index is 2.09. The maximum absolute atomic E-state index is 13.0. The molecule has 0 aliphatic carbocycles. The molecule has 0 bridgehead atoms. The summed E-state index contributed by atoms with van der Waals surface area (Å²) in [4.78, 5) is 15.4. The Labute approximate surface area is 110 Å². The molecule has 98 valence electrons. The molecule has 0 radical (unpaired) electrons. The first-order valence-electron chi connectivity index (χ1n) is 6.25. The minimum atomic E-state index is -0.279. The van der Waals surface area contributed by atoms with Crippen molar-refractivity contribution >= 4 is 5.91 Å². The molecule has 0 fully saturated rings. The van der Waals surface area contributed by atoms with Crippen LogP contribution in [0.15, 0.2) is 30.5 Å². The number of H-pyrrole nitrogens is 1. The Kier molecular flexibility index (Phi) is 2.49. The zero-order valence-corrected chi connectivity index (χ0v) is 10.9. The summed E-state index contributed by atoms with van der Waals surface area (Å²) in [5.74, 6) is -0.356. The molecule has 19 heavy (non-hydrogen) atoms. The van der Waals surface area contributed by atoms with Crippen molar-refractivity contribution in [3.05, 3.63) is 47.5 Å². The predicted molar refractivity (Wildman–Crippen MR) is 71.4 cm³/mol. The highest BCUT2D eigenvalue weighted by atomic mass is 19.1. The molecule has 3 nitrogen and oxygen atoms in total. The Morgan fingerprint density at radius 2 is 1.89 bits per heavy atom. The van der Waals surface area contributed by atoms with Crippen LogP contribution in [0.25, 0.3) is 11.1 Å². The fourth-order valence-electron chi connectivity index (χ4n) is 2.58. The number of carbonyl (C=O) groups is 1. The Morgan fingerprint density at radius 3 is 2.58 bits per heavy atom. The van der Waals surface area contributed by atoms with Crippen LogP contribution in [0.5, 0.6) is 0 Å². The molecule has 0 unspecified atom stereocenters. The number of benzene rings is 1. The highest BCUT2D eigenvalue weighted by Gasteiger charge is 2.33. The first-order chi connectivity index (χ1) is 8.96. The summed E-state index contributed by atoms with van der Waals surface area (Å²) in [6, 6.07) is 6.18. The van der Waals surface area contributed by atoms with Crippen molar-refractivity contribution in [3.8, 4) is 11.1 Å². The summed E-state index contributed by atoms with van der Waals surface area (Å²) in [6.45, 7) is 3.98. The average Bonchev–Trinajstić information content (AvgIpc) is 2.72. The van der Waals surface area contributed by atoms with Crippen LogP contribution in [0.3, 0.4) is 0 Å². The molecule has 0 atom stereocenters. The third-order valence-corrected chi connectivity index (χ3v) is 3.41. The standard InChI is InChI=1S/C15H15FN2O/c1-15(2)7-12-13(14(19)18-15)11(8-17-12)9-3-5-10(16)6-4-9/h3-6,8,17H,7H2,1-2H3,(H,18,19). The van der Waals surface area contributed by atoms with Crippen LogP contribution in [0.4, 0.5) is 4.39 Å². The van der Waals surface area contributed by atoms with Crippen molar-refractivity contribution in [1.82, 2.24) is 10.3 Å². The smallest absolute Gasteiger partial charge is 0.254 e. The summed E-state index contributed by atoms with van der Waals surface area (Å²) in [6.07, 6.45) is 2.58. The van der Waals surface area contributed by atoms with E-state index in [9.17, 15) is 9.18 Å². The van der Waals surface area contributed by atoms with E-state index >= 15 is 0 Å². The van der Waals surface area contributed by atoms with Crippen molar-refractivity contribution in [3.63, 3.8) is 0 Å². The predicted octanol–water partition coefficient (Wildman–Crippen LogP) is 2.89. The van der Waals surface area contributed by atoms with Gasteiger partial charge in [0.25, 0.3) is 5.91 Å². The lowest BCUT2D eigenvalue weighted by atomic mass is 9.89. The van der Waals surface area contributed by atoms with Gasteiger partial charge in [-0.25, -0.2) is 4.39 Å². The Hall–Kier alpha value is -2.10. The monoisotopic (exact) mass is 258 g/mol. The van der Waals surface area contributed by atoms with Gasteiger partial charge >= 0.3 is 0 Å². The molecule has 1 aromatic carbocycles. The number of fused-ring (bicyclic) bond motifs is 1. The molecule has 2 N–H and O–H groups in total. The van der Waals surface area contributed by atoms with Crippen LogP contribution in [0.1, 0.15) is 29.9 Å². The first-order valence-corrected chi connectivity index (χ1v) is 6.25. The van der Waals surface area contributed by atoms with Crippen LogP contribution >= 0.6 is 0 Å². The SMILES string of the molecule is CC1(C)Cc2[nH]cc(-c3ccc(F)cc3)c2C(=O)N1. The molecule has 0 saturated heterocycles. The number of amides is 1. The summed E-state index contributed by atoms with van der Waals surface area (Å²) < 4.78 is 13.0. The molecule has 2 aromatic rings. The van der Waals surface area contributed by atoms with E-state index in [1.807, 2.05) is 20.0 Å². The van der Waals surface area contributed by atoms with E-state index in [2.05, 4.69) is 10.3 Å². The molecule has 1 aromatic heterocycles. The molecule has 1 amide bonds. The van der Waals surface area contributed by atoms with Crippen LogP contribution in [0.2, 0.25) is 0 Å². The van der Waals surface area contributed by atoms with Gasteiger partial charge in [-0.3, -0.25) is 4.79 Å². The molecule has 1 aliphatic heterocycles. The minimum absolute atomic E-state index is 0.0770. The quantitative estimate of drug-likeness (QED) is 0.811. The topological polar surface area (TPSA) is 44.9 Å². The second kappa shape index (κ2) is 3.95. The number of aromatic amines is 1. The number of halogens is 1. The van der Waals surface area contributed by atoms with Gasteiger partial charge in [0.1, 0.15) is 5.82 Å². The highest BCUT2D eigenvalue weighted by Crippen LogP contribution is 2.31. The van der Waals surface area contributed by atoms with E-state index < -0.39 is 0 Å². The molecular weight excluding hydrogens is 243 g/mol. The van der Waals surface area contributed by atoms with E-state index in [1.165, 1.54) is 12.1 Å². The third kappa shape index (κ3) is 2.03. The van der Waals surface area contributed by atoms with Gasteiger partial charge in [0.15, 0.2) is 0 Å². The van der Waals surface area contributed by atoms with Crippen LogP contribution < -0.4 is 5.32 Å². The van der Waals surface area contributed by atoms with Gasteiger partial charge in [0, 0.05) is 29.4 Å². The van der Waals surface area contributed by atoms with Gasteiger partial charge in [-0.1, -0.05) is 12.1 Å². The Morgan fingerprint density at radius 1 is 1.21 bits per heavy atom. The van der Waals surface area contributed by atoms with Crippen molar-refractivity contribution < 1.29 is 9.18 Å². The number of hydrogen-bond donors (Lipinski definition) is 2. The van der Waals surface area contributed by atoms with E-state index in [-0.39, 0.29) is 17.3 Å². The van der Waals surface area contributed by atoms with Crippen LogP contribution in [-0.4, -0.2) is 16.4 Å². The third-order valence-electron chi connectivity index (χ3n) is 3.41. The fourth-order valence-corrected chi connectivity index (χ4v) is 2.58. The van der Waals surface area contributed by atoms with Gasteiger partial charge in [0.05, 0.1) is 5.56 Å².